The zero-order chi connectivity index (χ0) is 24.2. The van der Waals surface area contributed by atoms with Crippen LogP contribution in [0, 0.1) is 6.92 Å². The number of anilines is 1. The number of methoxy groups -OCH3 is 1. The van der Waals surface area contributed by atoms with E-state index in [0.717, 1.165) is 61.4 Å². The molecule has 0 amide bonds. The van der Waals surface area contributed by atoms with E-state index in [1.165, 1.54) is 25.9 Å². The van der Waals surface area contributed by atoms with Gasteiger partial charge in [0.1, 0.15) is 11.6 Å². The van der Waals surface area contributed by atoms with E-state index < -0.39 is 0 Å². The Morgan fingerprint density at radius 1 is 1.06 bits per heavy atom. The first-order chi connectivity index (χ1) is 17.1. The fourth-order valence-corrected chi connectivity index (χ4v) is 5.01. The van der Waals surface area contributed by atoms with Gasteiger partial charge in [0, 0.05) is 24.0 Å². The van der Waals surface area contributed by atoms with Crippen molar-refractivity contribution >= 4 is 16.7 Å². The van der Waals surface area contributed by atoms with E-state index in [1.807, 2.05) is 31.2 Å². The van der Waals surface area contributed by atoms with Crippen molar-refractivity contribution in [3.8, 4) is 23.1 Å². The van der Waals surface area contributed by atoms with Gasteiger partial charge in [0.05, 0.1) is 19.2 Å². The van der Waals surface area contributed by atoms with Gasteiger partial charge < -0.3 is 29.0 Å². The van der Waals surface area contributed by atoms with Crippen LogP contribution in [-0.4, -0.2) is 79.3 Å². The minimum Gasteiger partial charge on any atom is -0.493 e. The molecule has 0 bridgehead atoms. The topological polar surface area (TPSA) is 75.9 Å². The fraction of sp³-hybridized carbons (Fsp3) is 0.556. The predicted molar refractivity (Wildman–Crippen MR) is 138 cm³/mol. The maximum atomic E-state index is 6.19. The SMILES string of the molecule is COc1cc2c(NC3CCN(C)CC3)nc(-c3ccc(C)o3)nc2cc1OCCCN1CCCC1. The maximum absolute atomic E-state index is 6.19. The summed E-state index contributed by atoms with van der Waals surface area (Å²) >= 11 is 0. The quantitative estimate of drug-likeness (QED) is 0.447. The van der Waals surface area contributed by atoms with E-state index in [0.29, 0.717) is 35.7 Å². The number of likely N-dealkylation sites (tertiary alicyclic amines) is 2. The van der Waals surface area contributed by atoms with Gasteiger partial charge in [0.2, 0.25) is 0 Å². The van der Waals surface area contributed by atoms with Gasteiger partial charge in [-0.3, -0.25) is 0 Å². The molecule has 8 nitrogen and oxygen atoms in total. The van der Waals surface area contributed by atoms with Crippen LogP contribution in [-0.2, 0) is 0 Å². The first-order valence-electron chi connectivity index (χ1n) is 12.9. The number of aromatic nitrogens is 2. The second kappa shape index (κ2) is 10.8. The summed E-state index contributed by atoms with van der Waals surface area (Å²) < 4.78 is 17.8. The molecule has 2 fully saturated rings. The van der Waals surface area contributed by atoms with Crippen molar-refractivity contribution in [2.75, 3.05) is 58.8 Å². The van der Waals surface area contributed by atoms with Crippen LogP contribution >= 0.6 is 0 Å². The Labute approximate surface area is 207 Å². The monoisotopic (exact) mass is 479 g/mol. The second-order valence-electron chi connectivity index (χ2n) is 9.80. The molecule has 1 aromatic carbocycles. The number of piperidine rings is 1. The summed E-state index contributed by atoms with van der Waals surface area (Å²) in [6.07, 6.45) is 5.76. The van der Waals surface area contributed by atoms with Crippen LogP contribution in [0.1, 0.15) is 37.9 Å². The average Bonchev–Trinajstić information content (AvgIpc) is 3.54. The van der Waals surface area contributed by atoms with Crippen LogP contribution in [0.2, 0.25) is 0 Å². The Hall–Kier alpha value is -2.84. The van der Waals surface area contributed by atoms with Crippen molar-refractivity contribution in [2.45, 2.75) is 45.1 Å². The van der Waals surface area contributed by atoms with Crippen LogP contribution in [0.15, 0.2) is 28.7 Å². The highest BCUT2D eigenvalue weighted by Gasteiger charge is 2.21. The van der Waals surface area contributed by atoms with Crippen LogP contribution in [0.3, 0.4) is 0 Å². The first-order valence-corrected chi connectivity index (χ1v) is 12.9. The zero-order valence-corrected chi connectivity index (χ0v) is 21.2. The van der Waals surface area contributed by atoms with Gasteiger partial charge >= 0.3 is 0 Å². The van der Waals surface area contributed by atoms with Crippen LogP contribution < -0.4 is 14.8 Å². The van der Waals surface area contributed by atoms with Crippen LogP contribution in [0.25, 0.3) is 22.5 Å². The number of nitrogens with one attached hydrogen (secondary N) is 1. The molecule has 2 saturated heterocycles. The Balaban J connectivity index is 1.43. The third-order valence-electron chi connectivity index (χ3n) is 7.08. The Kier molecular flexibility index (Phi) is 7.39. The van der Waals surface area contributed by atoms with Crippen LogP contribution in [0.4, 0.5) is 5.82 Å². The highest BCUT2D eigenvalue weighted by molar-refractivity contribution is 5.93. The highest BCUT2D eigenvalue weighted by atomic mass is 16.5. The Morgan fingerprint density at radius 2 is 1.86 bits per heavy atom. The third kappa shape index (κ3) is 5.70. The molecule has 8 heteroatoms. The molecule has 1 N–H and O–H groups in total. The van der Waals surface area contributed by atoms with Crippen molar-refractivity contribution in [3.63, 3.8) is 0 Å². The molecular formula is C27H37N5O3. The van der Waals surface area contributed by atoms with Gasteiger partial charge in [0.15, 0.2) is 23.1 Å². The lowest BCUT2D eigenvalue weighted by Crippen LogP contribution is -2.37. The van der Waals surface area contributed by atoms with E-state index in [1.54, 1.807) is 7.11 Å². The molecule has 0 aliphatic carbocycles. The number of benzene rings is 1. The standard InChI is InChI=1S/C27H37N5O3/c1-19-7-8-23(35-19)27-29-22-18-25(34-16-6-13-32-11-4-5-12-32)24(33-3)17-21(22)26(30-27)28-20-9-14-31(2)15-10-20/h7-8,17-18,20H,4-6,9-16H2,1-3H3,(H,28,29,30). The van der Waals surface area contributed by atoms with E-state index in [2.05, 4.69) is 22.2 Å². The maximum Gasteiger partial charge on any atom is 0.198 e. The molecule has 188 valence electrons. The van der Waals surface area contributed by atoms with Crippen LogP contribution in [0.5, 0.6) is 11.5 Å². The second-order valence-corrected chi connectivity index (χ2v) is 9.80. The summed E-state index contributed by atoms with van der Waals surface area (Å²) in [7, 11) is 3.86. The number of fused-ring (bicyclic) bond motifs is 1. The summed E-state index contributed by atoms with van der Waals surface area (Å²) in [6, 6.07) is 8.21. The fourth-order valence-electron chi connectivity index (χ4n) is 5.01. The van der Waals surface area contributed by atoms with Gasteiger partial charge in [-0.05, 0) is 90.5 Å². The molecular weight excluding hydrogens is 442 g/mol. The molecule has 0 saturated carbocycles. The van der Waals surface area contributed by atoms with Gasteiger partial charge in [-0.25, -0.2) is 9.97 Å². The van der Waals surface area contributed by atoms with Gasteiger partial charge in [0.25, 0.3) is 0 Å². The molecule has 0 radical (unpaired) electrons. The largest absolute Gasteiger partial charge is 0.493 e. The van der Waals surface area contributed by atoms with Crippen molar-refractivity contribution in [3.05, 3.63) is 30.0 Å². The molecule has 2 aromatic heterocycles. The number of hydrogen-bond acceptors (Lipinski definition) is 8. The average molecular weight is 480 g/mol. The molecule has 0 spiro atoms. The Bertz CT molecular complexity index is 1130. The molecule has 3 aromatic rings. The molecule has 2 aliphatic rings. The normalized spacial score (nSPS) is 17.8. The van der Waals surface area contributed by atoms with Crippen molar-refractivity contribution in [1.29, 1.82) is 0 Å². The molecule has 0 atom stereocenters. The number of hydrogen-bond donors (Lipinski definition) is 1. The van der Waals surface area contributed by atoms with Gasteiger partial charge in [-0.1, -0.05) is 0 Å². The number of aryl methyl sites for hydroxylation is 1. The number of furan rings is 1. The molecule has 2 aliphatic heterocycles. The minimum atomic E-state index is 0.364. The van der Waals surface area contributed by atoms with Gasteiger partial charge in [-0.15, -0.1) is 0 Å². The van der Waals surface area contributed by atoms with Crippen molar-refractivity contribution in [2.24, 2.45) is 0 Å². The number of ether oxygens (including phenoxy) is 2. The lowest BCUT2D eigenvalue weighted by molar-refractivity contribution is 0.254. The summed E-state index contributed by atoms with van der Waals surface area (Å²) in [5.74, 6) is 4.31. The zero-order valence-electron chi connectivity index (χ0n) is 21.2. The van der Waals surface area contributed by atoms with E-state index in [9.17, 15) is 0 Å². The van der Waals surface area contributed by atoms with E-state index >= 15 is 0 Å². The predicted octanol–water partition coefficient (Wildman–Crippen LogP) is 4.58. The summed E-state index contributed by atoms with van der Waals surface area (Å²) in [4.78, 5) is 14.6. The molecule has 4 heterocycles. The summed E-state index contributed by atoms with van der Waals surface area (Å²) in [5, 5.41) is 4.62. The van der Waals surface area contributed by atoms with Crippen molar-refractivity contribution in [1.82, 2.24) is 19.8 Å². The lowest BCUT2D eigenvalue weighted by atomic mass is 10.1. The van der Waals surface area contributed by atoms with Crippen molar-refractivity contribution < 1.29 is 13.9 Å². The lowest BCUT2D eigenvalue weighted by Gasteiger charge is -2.30. The first kappa shape index (κ1) is 23.9. The number of rotatable bonds is 9. The summed E-state index contributed by atoms with van der Waals surface area (Å²) in [5.41, 5.74) is 0.815. The highest BCUT2D eigenvalue weighted by Crippen LogP contribution is 2.36. The van der Waals surface area contributed by atoms with E-state index in [-0.39, 0.29) is 0 Å². The Morgan fingerprint density at radius 3 is 2.57 bits per heavy atom. The smallest absolute Gasteiger partial charge is 0.198 e. The van der Waals surface area contributed by atoms with Gasteiger partial charge in [-0.2, -0.15) is 0 Å². The summed E-state index contributed by atoms with van der Waals surface area (Å²) in [6.45, 7) is 8.21. The van der Waals surface area contributed by atoms with E-state index in [4.69, 9.17) is 23.9 Å². The minimum absolute atomic E-state index is 0.364. The number of nitrogens with zero attached hydrogens (tertiary/aromatic N) is 4. The molecule has 5 rings (SSSR count). The third-order valence-corrected chi connectivity index (χ3v) is 7.08. The molecule has 35 heavy (non-hydrogen) atoms. The molecule has 0 unspecified atom stereocenters.